The van der Waals surface area contributed by atoms with E-state index in [0.717, 1.165) is 9.79 Å². The van der Waals surface area contributed by atoms with Gasteiger partial charge in [0.25, 0.3) is 0 Å². The third-order valence-electron chi connectivity index (χ3n) is 2.95. The number of hydrogen-bond acceptors (Lipinski definition) is 3. The molecule has 3 heteroatoms. The first-order valence-corrected chi connectivity index (χ1v) is 7.34. The Hall–Kier alpha value is -1.87. The average Bonchev–Trinajstić information content (AvgIpc) is 2.49. The number of aryl methyl sites for hydroxylation is 1. The fraction of sp³-hybridized carbons (Fsp3) is 0.176. The summed E-state index contributed by atoms with van der Waals surface area (Å²) in [5, 5.41) is 0. The molecule has 0 aliphatic rings. The van der Waals surface area contributed by atoms with Gasteiger partial charge in [-0.2, -0.15) is 0 Å². The maximum atomic E-state index is 11.7. The highest BCUT2D eigenvalue weighted by Gasteiger charge is 2.13. The van der Waals surface area contributed by atoms with Crippen molar-refractivity contribution in [2.24, 2.45) is 0 Å². The Morgan fingerprint density at radius 2 is 1.40 bits per heavy atom. The SMILES string of the molecule is CCC(=O)C(=O)c1ccc(Sc2ccc(C)cc2)cc1. The molecule has 0 fully saturated rings. The van der Waals surface area contributed by atoms with Crippen LogP contribution in [0.15, 0.2) is 58.3 Å². The van der Waals surface area contributed by atoms with Gasteiger partial charge < -0.3 is 0 Å². The Kier molecular flexibility index (Phi) is 4.74. The van der Waals surface area contributed by atoms with Crippen molar-refractivity contribution >= 4 is 23.3 Å². The second-order valence-electron chi connectivity index (χ2n) is 4.55. The molecule has 0 aliphatic carbocycles. The lowest BCUT2D eigenvalue weighted by molar-refractivity contribution is -0.114. The average molecular weight is 284 g/mol. The molecule has 0 radical (unpaired) electrons. The quantitative estimate of drug-likeness (QED) is 0.606. The van der Waals surface area contributed by atoms with Crippen molar-refractivity contribution in [3.05, 3.63) is 59.7 Å². The minimum Gasteiger partial charge on any atom is -0.290 e. The molecule has 0 unspecified atom stereocenters. The number of rotatable bonds is 5. The van der Waals surface area contributed by atoms with Crippen LogP contribution in [0.4, 0.5) is 0 Å². The summed E-state index contributed by atoms with van der Waals surface area (Å²) in [6, 6.07) is 15.5. The maximum absolute atomic E-state index is 11.7. The van der Waals surface area contributed by atoms with E-state index >= 15 is 0 Å². The maximum Gasteiger partial charge on any atom is 0.228 e. The van der Waals surface area contributed by atoms with Crippen LogP contribution >= 0.6 is 11.8 Å². The van der Waals surface area contributed by atoms with E-state index in [1.807, 2.05) is 12.1 Å². The van der Waals surface area contributed by atoms with Crippen molar-refractivity contribution in [2.75, 3.05) is 0 Å². The lowest BCUT2D eigenvalue weighted by Gasteiger charge is -2.03. The molecule has 2 aromatic carbocycles. The van der Waals surface area contributed by atoms with E-state index in [1.165, 1.54) is 5.56 Å². The summed E-state index contributed by atoms with van der Waals surface area (Å²) in [4.78, 5) is 25.3. The smallest absolute Gasteiger partial charge is 0.228 e. The minimum atomic E-state index is -0.403. The van der Waals surface area contributed by atoms with Crippen molar-refractivity contribution < 1.29 is 9.59 Å². The zero-order valence-electron chi connectivity index (χ0n) is 11.6. The van der Waals surface area contributed by atoms with Gasteiger partial charge in [0.05, 0.1) is 0 Å². The molecule has 20 heavy (non-hydrogen) atoms. The molecular weight excluding hydrogens is 268 g/mol. The normalized spacial score (nSPS) is 10.3. The number of ketones is 2. The third-order valence-corrected chi connectivity index (χ3v) is 3.96. The van der Waals surface area contributed by atoms with Crippen molar-refractivity contribution in [1.29, 1.82) is 0 Å². The molecule has 0 aliphatic heterocycles. The van der Waals surface area contributed by atoms with Gasteiger partial charge in [-0.1, -0.05) is 36.4 Å². The van der Waals surface area contributed by atoms with Gasteiger partial charge in [-0.3, -0.25) is 9.59 Å². The highest BCUT2D eigenvalue weighted by molar-refractivity contribution is 7.99. The molecule has 0 atom stereocenters. The number of carbonyl (C=O) groups is 2. The summed E-state index contributed by atoms with van der Waals surface area (Å²) < 4.78 is 0. The van der Waals surface area contributed by atoms with Gasteiger partial charge in [-0.15, -0.1) is 0 Å². The van der Waals surface area contributed by atoms with Gasteiger partial charge >= 0.3 is 0 Å². The minimum absolute atomic E-state index is 0.249. The van der Waals surface area contributed by atoms with E-state index in [2.05, 4.69) is 31.2 Å². The lowest BCUT2D eigenvalue weighted by Crippen LogP contribution is -2.12. The summed E-state index contributed by atoms with van der Waals surface area (Å²) in [6.07, 6.45) is 0.249. The van der Waals surface area contributed by atoms with Gasteiger partial charge in [-0.25, -0.2) is 0 Å². The second kappa shape index (κ2) is 6.53. The second-order valence-corrected chi connectivity index (χ2v) is 5.69. The zero-order chi connectivity index (χ0) is 14.5. The number of Topliss-reactive ketones (excluding diaryl/α,β-unsaturated/α-hetero) is 2. The van der Waals surface area contributed by atoms with Gasteiger partial charge in [0.1, 0.15) is 0 Å². The van der Waals surface area contributed by atoms with Crippen molar-refractivity contribution in [3.8, 4) is 0 Å². The zero-order valence-corrected chi connectivity index (χ0v) is 12.4. The van der Waals surface area contributed by atoms with Crippen LogP contribution in [0.3, 0.4) is 0 Å². The van der Waals surface area contributed by atoms with Crippen LogP contribution in [0, 0.1) is 6.92 Å². The van der Waals surface area contributed by atoms with Crippen LogP contribution in [0.2, 0.25) is 0 Å². The topological polar surface area (TPSA) is 34.1 Å². The van der Waals surface area contributed by atoms with Gasteiger partial charge in [0.2, 0.25) is 11.6 Å². The monoisotopic (exact) mass is 284 g/mol. The van der Waals surface area contributed by atoms with Crippen molar-refractivity contribution in [1.82, 2.24) is 0 Å². The standard InChI is InChI=1S/C17H16O2S/c1-3-16(18)17(19)13-6-10-15(11-7-13)20-14-8-4-12(2)5-9-14/h4-11H,3H2,1-2H3. The molecular formula is C17H16O2S. The molecule has 0 amide bonds. The summed E-state index contributed by atoms with van der Waals surface area (Å²) in [7, 11) is 0. The van der Waals surface area contributed by atoms with E-state index in [-0.39, 0.29) is 12.2 Å². The summed E-state index contributed by atoms with van der Waals surface area (Å²) in [5.41, 5.74) is 1.69. The highest BCUT2D eigenvalue weighted by atomic mass is 32.2. The Balaban J connectivity index is 2.10. The van der Waals surface area contributed by atoms with Crippen LogP contribution in [-0.2, 0) is 4.79 Å². The molecule has 0 saturated heterocycles. The third kappa shape index (κ3) is 3.58. The predicted molar refractivity (Wildman–Crippen MR) is 81.4 cm³/mol. The Morgan fingerprint density at radius 3 is 1.90 bits per heavy atom. The molecule has 2 nitrogen and oxygen atoms in total. The molecule has 2 aromatic rings. The first-order valence-electron chi connectivity index (χ1n) is 6.52. The highest BCUT2D eigenvalue weighted by Crippen LogP contribution is 2.27. The van der Waals surface area contributed by atoms with E-state index in [4.69, 9.17) is 0 Å². The summed E-state index contributed by atoms with van der Waals surface area (Å²) in [5.74, 6) is -0.747. The first kappa shape index (κ1) is 14.5. The van der Waals surface area contributed by atoms with Crippen LogP contribution in [0.1, 0.15) is 29.3 Å². The van der Waals surface area contributed by atoms with Crippen molar-refractivity contribution in [2.45, 2.75) is 30.1 Å². The lowest BCUT2D eigenvalue weighted by atomic mass is 10.1. The molecule has 0 saturated carbocycles. The van der Waals surface area contributed by atoms with Crippen LogP contribution < -0.4 is 0 Å². The van der Waals surface area contributed by atoms with Gasteiger partial charge in [-0.05, 0) is 43.3 Å². The first-order chi connectivity index (χ1) is 9.60. The number of benzene rings is 2. The van der Waals surface area contributed by atoms with Crippen LogP contribution in [-0.4, -0.2) is 11.6 Å². The van der Waals surface area contributed by atoms with E-state index in [1.54, 1.807) is 30.8 Å². The van der Waals surface area contributed by atoms with Gasteiger partial charge in [0, 0.05) is 21.8 Å². The summed E-state index contributed by atoms with van der Waals surface area (Å²) in [6.45, 7) is 3.75. The van der Waals surface area contributed by atoms with Gasteiger partial charge in [0.15, 0.2) is 0 Å². The van der Waals surface area contributed by atoms with Crippen molar-refractivity contribution in [3.63, 3.8) is 0 Å². The fourth-order valence-corrected chi connectivity index (χ4v) is 2.55. The number of hydrogen-bond donors (Lipinski definition) is 0. The molecule has 102 valence electrons. The van der Waals surface area contributed by atoms with E-state index < -0.39 is 5.78 Å². The Morgan fingerprint density at radius 1 is 0.900 bits per heavy atom. The molecule has 2 rings (SSSR count). The fourth-order valence-electron chi connectivity index (χ4n) is 1.74. The van der Waals surface area contributed by atoms with Crippen LogP contribution in [0.5, 0.6) is 0 Å². The Bertz CT molecular complexity index is 612. The van der Waals surface area contributed by atoms with E-state index in [9.17, 15) is 9.59 Å². The van der Waals surface area contributed by atoms with Crippen LogP contribution in [0.25, 0.3) is 0 Å². The predicted octanol–water partition coefficient (Wildman–Crippen LogP) is 4.31. The summed E-state index contributed by atoms with van der Waals surface area (Å²) >= 11 is 1.63. The molecule has 0 aromatic heterocycles. The molecule has 0 N–H and O–H groups in total. The molecule has 0 heterocycles. The molecule has 0 bridgehead atoms. The molecule has 0 spiro atoms. The Labute approximate surface area is 123 Å². The van der Waals surface area contributed by atoms with E-state index in [0.29, 0.717) is 5.56 Å². The number of carbonyl (C=O) groups excluding carboxylic acids is 2. The largest absolute Gasteiger partial charge is 0.290 e.